The Morgan fingerprint density at radius 1 is 1.38 bits per heavy atom. The second-order valence-corrected chi connectivity index (χ2v) is 6.66. The van der Waals surface area contributed by atoms with Crippen LogP contribution in [0.5, 0.6) is 0 Å². The molecule has 1 aliphatic rings. The lowest BCUT2D eigenvalue weighted by Gasteiger charge is -2.42. The van der Waals surface area contributed by atoms with Crippen LogP contribution in [0.1, 0.15) is 24.2 Å². The highest BCUT2D eigenvalue weighted by Crippen LogP contribution is 2.23. The average Bonchev–Trinajstić information content (AvgIpc) is 3.07. The third kappa shape index (κ3) is 3.66. The fraction of sp³-hybridized carbons (Fsp3) is 0.444. The molecular formula is C18H23N3O3. The monoisotopic (exact) mass is 329 g/mol. The van der Waals surface area contributed by atoms with Crippen molar-refractivity contribution < 1.29 is 14.3 Å². The van der Waals surface area contributed by atoms with Gasteiger partial charge in [-0.3, -0.25) is 4.79 Å². The van der Waals surface area contributed by atoms with Crippen molar-refractivity contribution in [1.82, 2.24) is 14.5 Å². The van der Waals surface area contributed by atoms with Crippen LogP contribution in [0.4, 0.5) is 0 Å². The summed E-state index contributed by atoms with van der Waals surface area (Å²) in [4.78, 5) is 18.7. The van der Waals surface area contributed by atoms with Gasteiger partial charge in [0.1, 0.15) is 0 Å². The van der Waals surface area contributed by atoms with Crippen molar-refractivity contribution in [3.63, 3.8) is 0 Å². The molecule has 1 unspecified atom stereocenters. The summed E-state index contributed by atoms with van der Waals surface area (Å²) in [6.07, 6.45) is 5.23. The Balaban J connectivity index is 1.75. The molecular weight excluding hydrogens is 306 g/mol. The molecule has 0 spiro atoms. The summed E-state index contributed by atoms with van der Waals surface area (Å²) >= 11 is 0. The van der Waals surface area contributed by atoms with Gasteiger partial charge in [-0.15, -0.1) is 0 Å². The third-order valence-corrected chi connectivity index (χ3v) is 4.04. The van der Waals surface area contributed by atoms with E-state index >= 15 is 0 Å². The summed E-state index contributed by atoms with van der Waals surface area (Å²) in [5.74, 6) is 0.0182. The minimum Gasteiger partial charge on any atom is -0.382 e. The SMILES string of the molecule is COCC1CN(C(=O)c2ccc(-n3ccnc3)cc2)CC(C)(C)O1. The second kappa shape index (κ2) is 6.75. The lowest BCUT2D eigenvalue weighted by molar-refractivity contribution is -0.143. The van der Waals surface area contributed by atoms with E-state index in [1.807, 2.05) is 53.8 Å². The number of aromatic nitrogens is 2. The number of morpholine rings is 1. The summed E-state index contributed by atoms with van der Waals surface area (Å²) in [6, 6.07) is 7.55. The van der Waals surface area contributed by atoms with E-state index in [1.54, 1.807) is 19.6 Å². The number of carbonyl (C=O) groups is 1. The molecule has 1 fully saturated rings. The van der Waals surface area contributed by atoms with E-state index in [0.29, 0.717) is 25.3 Å². The molecule has 0 saturated carbocycles. The summed E-state index contributed by atoms with van der Waals surface area (Å²) in [7, 11) is 1.64. The van der Waals surface area contributed by atoms with Crippen molar-refractivity contribution in [3.05, 3.63) is 48.5 Å². The van der Waals surface area contributed by atoms with E-state index in [9.17, 15) is 4.79 Å². The molecule has 1 aliphatic heterocycles. The average molecular weight is 329 g/mol. The van der Waals surface area contributed by atoms with Gasteiger partial charge in [-0.05, 0) is 38.1 Å². The molecule has 1 saturated heterocycles. The van der Waals surface area contributed by atoms with Crippen molar-refractivity contribution in [2.75, 3.05) is 26.8 Å². The molecule has 24 heavy (non-hydrogen) atoms. The van der Waals surface area contributed by atoms with E-state index in [-0.39, 0.29) is 17.6 Å². The maximum Gasteiger partial charge on any atom is 0.254 e. The first kappa shape index (κ1) is 16.7. The Kier molecular flexibility index (Phi) is 4.69. The van der Waals surface area contributed by atoms with Crippen LogP contribution < -0.4 is 0 Å². The van der Waals surface area contributed by atoms with Gasteiger partial charge in [0.15, 0.2) is 0 Å². The van der Waals surface area contributed by atoms with Crippen molar-refractivity contribution in [1.29, 1.82) is 0 Å². The van der Waals surface area contributed by atoms with Gasteiger partial charge < -0.3 is 18.9 Å². The van der Waals surface area contributed by atoms with Crippen LogP contribution in [0, 0.1) is 0 Å². The molecule has 0 N–H and O–H groups in total. The molecule has 0 bridgehead atoms. The van der Waals surface area contributed by atoms with Crippen molar-refractivity contribution in [2.24, 2.45) is 0 Å². The minimum atomic E-state index is -0.381. The molecule has 1 amide bonds. The summed E-state index contributed by atoms with van der Waals surface area (Å²) < 4.78 is 13.1. The van der Waals surface area contributed by atoms with Gasteiger partial charge in [-0.2, -0.15) is 0 Å². The second-order valence-electron chi connectivity index (χ2n) is 6.66. The van der Waals surface area contributed by atoms with Crippen LogP contribution in [0.3, 0.4) is 0 Å². The number of amides is 1. The lowest BCUT2D eigenvalue weighted by atomic mass is 10.0. The molecule has 128 valence electrons. The van der Waals surface area contributed by atoms with E-state index < -0.39 is 0 Å². The van der Waals surface area contributed by atoms with Crippen molar-refractivity contribution in [3.8, 4) is 5.69 Å². The standard InChI is InChI=1S/C18H23N3O3/c1-18(2)12-21(10-16(24-18)11-23-3)17(22)14-4-6-15(7-5-14)20-9-8-19-13-20/h4-9,13,16H,10-12H2,1-3H3. The van der Waals surface area contributed by atoms with Crippen LogP contribution in [-0.4, -0.2) is 58.9 Å². The number of rotatable bonds is 4. The molecule has 3 rings (SSSR count). The third-order valence-electron chi connectivity index (χ3n) is 4.04. The first-order valence-electron chi connectivity index (χ1n) is 8.03. The molecule has 1 aromatic carbocycles. The number of nitrogens with zero attached hydrogens (tertiary/aromatic N) is 3. The predicted octanol–water partition coefficient (Wildman–Crippen LogP) is 2.14. The van der Waals surface area contributed by atoms with Crippen LogP contribution in [0.15, 0.2) is 43.0 Å². The predicted molar refractivity (Wildman–Crippen MR) is 90.3 cm³/mol. The van der Waals surface area contributed by atoms with Gasteiger partial charge in [0.05, 0.1) is 24.6 Å². The molecule has 0 radical (unpaired) electrons. The molecule has 1 aromatic heterocycles. The molecule has 1 atom stereocenters. The van der Waals surface area contributed by atoms with Gasteiger partial charge in [0.2, 0.25) is 0 Å². The maximum absolute atomic E-state index is 12.8. The lowest BCUT2D eigenvalue weighted by Crippen LogP contribution is -2.55. The molecule has 6 heteroatoms. The summed E-state index contributed by atoms with van der Waals surface area (Å²) in [5.41, 5.74) is 1.27. The zero-order valence-corrected chi connectivity index (χ0v) is 14.3. The number of ether oxygens (including phenoxy) is 2. The molecule has 6 nitrogen and oxygen atoms in total. The van der Waals surface area contributed by atoms with Gasteiger partial charge >= 0.3 is 0 Å². The van der Waals surface area contributed by atoms with Crippen LogP contribution in [0.2, 0.25) is 0 Å². The summed E-state index contributed by atoms with van der Waals surface area (Å²) in [6.45, 7) is 5.58. The minimum absolute atomic E-state index is 0.0182. The molecule has 2 heterocycles. The Morgan fingerprint density at radius 2 is 2.12 bits per heavy atom. The smallest absolute Gasteiger partial charge is 0.254 e. The van der Waals surface area contributed by atoms with Crippen molar-refractivity contribution >= 4 is 5.91 Å². The number of hydrogen-bond donors (Lipinski definition) is 0. The van der Waals surface area contributed by atoms with Crippen molar-refractivity contribution in [2.45, 2.75) is 25.6 Å². The van der Waals surface area contributed by atoms with Gasteiger partial charge in [0.25, 0.3) is 5.91 Å². The Morgan fingerprint density at radius 3 is 2.75 bits per heavy atom. The zero-order chi connectivity index (χ0) is 17.2. The number of carbonyl (C=O) groups excluding carboxylic acids is 1. The Hall–Kier alpha value is -2.18. The van der Waals surface area contributed by atoms with E-state index in [1.165, 1.54) is 0 Å². The highest BCUT2D eigenvalue weighted by atomic mass is 16.5. The van der Waals surface area contributed by atoms with Gasteiger partial charge in [-0.25, -0.2) is 4.98 Å². The first-order valence-corrected chi connectivity index (χ1v) is 8.03. The van der Waals surface area contributed by atoms with E-state index in [0.717, 1.165) is 5.69 Å². The Labute approximate surface area is 142 Å². The number of methoxy groups -OCH3 is 1. The number of benzene rings is 1. The summed E-state index contributed by atoms with van der Waals surface area (Å²) in [5, 5.41) is 0. The highest BCUT2D eigenvalue weighted by Gasteiger charge is 2.35. The van der Waals surface area contributed by atoms with Gasteiger partial charge in [-0.1, -0.05) is 0 Å². The van der Waals surface area contributed by atoms with E-state index in [4.69, 9.17) is 9.47 Å². The normalized spacial score (nSPS) is 20.1. The zero-order valence-electron chi connectivity index (χ0n) is 14.3. The maximum atomic E-state index is 12.8. The van der Waals surface area contributed by atoms with Crippen LogP contribution in [0.25, 0.3) is 5.69 Å². The highest BCUT2D eigenvalue weighted by molar-refractivity contribution is 5.94. The quantitative estimate of drug-likeness (QED) is 0.862. The number of hydrogen-bond acceptors (Lipinski definition) is 4. The molecule has 2 aromatic rings. The van der Waals surface area contributed by atoms with Crippen LogP contribution >= 0.6 is 0 Å². The van der Waals surface area contributed by atoms with E-state index in [2.05, 4.69) is 4.98 Å². The fourth-order valence-electron chi connectivity index (χ4n) is 3.09. The Bertz CT molecular complexity index is 680. The fourth-order valence-corrected chi connectivity index (χ4v) is 3.09. The van der Waals surface area contributed by atoms with Gasteiger partial charge in [0, 0.05) is 43.8 Å². The van der Waals surface area contributed by atoms with Crippen LogP contribution in [-0.2, 0) is 9.47 Å². The largest absolute Gasteiger partial charge is 0.382 e. The number of imidazole rings is 1. The topological polar surface area (TPSA) is 56.6 Å². The molecule has 0 aliphatic carbocycles. The first-order chi connectivity index (χ1) is 11.5.